The third-order valence-corrected chi connectivity index (χ3v) is 3.73. The van der Waals surface area contributed by atoms with Crippen LogP contribution in [0.25, 0.3) is 0 Å². The zero-order chi connectivity index (χ0) is 13.9. The number of hydrogen-bond donors (Lipinski definition) is 3. The second kappa shape index (κ2) is 5.56. The maximum atomic E-state index is 12.0. The zero-order valence-corrected chi connectivity index (χ0v) is 10.9. The van der Waals surface area contributed by atoms with Crippen LogP contribution in [0, 0.1) is 0 Å². The first-order chi connectivity index (χ1) is 9.07. The maximum Gasteiger partial charge on any atom is 0.322 e. The van der Waals surface area contributed by atoms with Crippen molar-refractivity contribution in [2.75, 3.05) is 19.6 Å². The van der Waals surface area contributed by atoms with E-state index in [-0.39, 0.29) is 18.4 Å². The van der Waals surface area contributed by atoms with E-state index in [9.17, 15) is 14.4 Å². The first kappa shape index (κ1) is 13.8. The van der Waals surface area contributed by atoms with Gasteiger partial charge in [-0.3, -0.25) is 14.9 Å². The largest absolute Gasteiger partial charge is 0.340 e. The molecule has 0 aromatic heterocycles. The monoisotopic (exact) mass is 268 g/mol. The number of likely N-dealkylation sites (tertiary alicyclic amines) is 1. The van der Waals surface area contributed by atoms with Gasteiger partial charge in [-0.1, -0.05) is 6.42 Å². The smallest absolute Gasteiger partial charge is 0.322 e. The Kier molecular flexibility index (Phi) is 4.04. The van der Waals surface area contributed by atoms with E-state index < -0.39 is 11.6 Å². The molecule has 1 atom stereocenters. The third kappa shape index (κ3) is 2.86. The maximum absolute atomic E-state index is 12.0. The van der Waals surface area contributed by atoms with Crippen LogP contribution in [0.4, 0.5) is 4.79 Å². The SMILES string of the molecule is NCCCCCC(=O)N1CCC2(C1)NC(=O)NC2=O. The van der Waals surface area contributed by atoms with Crippen molar-refractivity contribution in [1.29, 1.82) is 0 Å². The molecule has 1 unspecified atom stereocenters. The quantitative estimate of drug-likeness (QED) is 0.453. The van der Waals surface area contributed by atoms with Crippen molar-refractivity contribution in [3.8, 4) is 0 Å². The molecule has 106 valence electrons. The zero-order valence-electron chi connectivity index (χ0n) is 10.9. The first-order valence-corrected chi connectivity index (χ1v) is 6.69. The molecule has 0 aromatic carbocycles. The van der Waals surface area contributed by atoms with Crippen LogP contribution in [0.1, 0.15) is 32.1 Å². The highest BCUT2D eigenvalue weighted by molar-refractivity contribution is 6.07. The van der Waals surface area contributed by atoms with Crippen LogP contribution in [0.2, 0.25) is 0 Å². The Morgan fingerprint density at radius 2 is 2.11 bits per heavy atom. The lowest BCUT2D eigenvalue weighted by molar-refractivity contribution is -0.130. The summed E-state index contributed by atoms with van der Waals surface area (Å²) in [6.45, 7) is 1.44. The van der Waals surface area contributed by atoms with Gasteiger partial charge in [-0.25, -0.2) is 4.79 Å². The lowest BCUT2D eigenvalue weighted by Crippen LogP contribution is -2.49. The van der Waals surface area contributed by atoms with E-state index >= 15 is 0 Å². The Balaban J connectivity index is 1.83. The molecule has 4 amide bonds. The molecule has 4 N–H and O–H groups in total. The molecule has 1 spiro atoms. The second-order valence-corrected chi connectivity index (χ2v) is 5.15. The van der Waals surface area contributed by atoms with Crippen molar-refractivity contribution in [2.45, 2.75) is 37.6 Å². The minimum absolute atomic E-state index is 0.0443. The molecule has 2 aliphatic heterocycles. The van der Waals surface area contributed by atoms with Crippen molar-refractivity contribution >= 4 is 17.8 Å². The molecular formula is C12H20N4O3. The number of nitrogens with two attached hydrogens (primary N) is 1. The summed E-state index contributed by atoms with van der Waals surface area (Å²) in [5.74, 6) is -0.279. The number of unbranched alkanes of at least 4 members (excludes halogenated alkanes) is 2. The van der Waals surface area contributed by atoms with Crippen molar-refractivity contribution in [3.63, 3.8) is 0 Å². The van der Waals surface area contributed by atoms with E-state index in [0.717, 1.165) is 19.3 Å². The fourth-order valence-corrected chi connectivity index (χ4v) is 2.59. The minimum Gasteiger partial charge on any atom is -0.340 e. The fraction of sp³-hybridized carbons (Fsp3) is 0.750. The summed E-state index contributed by atoms with van der Waals surface area (Å²) >= 11 is 0. The lowest BCUT2D eigenvalue weighted by Gasteiger charge is -2.21. The van der Waals surface area contributed by atoms with Gasteiger partial charge in [-0.2, -0.15) is 0 Å². The Labute approximate surface area is 111 Å². The van der Waals surface area contributed by atoms with Crippen LogP contribution >= 0.6 is 0 Å². The molecule has 0 radical (unpaired) electrons. The average Bonchev–Trinajstić information content (AvgIpc) is 2.90. The molecule has 7 heteroatoms. The summed E-state index contributed by atoms with van der Waals surface area (Å²) in [7, 11) is 0. The van der Waals surface area contributed by atoms with Crippen LogP contribution in [0.15, 0.2) is 0 Å². The first-order valence-electron chi connectivity index (χ1n) is 6.69. The van der Waals surface area contributed by atoms with Gasteiger partial charge in [0.15, 0.2) is 0 Å². The summed E-state index contributed by atoms with van der Waals surface area (Å²) in [5.41, 5.74) is 4.50. The number of imide groups is 1. The number of nitrogens with zero attached hydrogens (tertiary/aromatic N) is 1. The second-order valence-electron chi connectivity index (χ2n) is 5.15. The molecule has 2 saturated heterocycles. The van der Waals surface area contributed by atoms with Crippen LogP contribution in [0.5, 0.6) is 0 Å². The van der Waals surface area contributed by atoms with E-state index in [2.05, 4.69) is 10.6 Å². The molecule has 0 saturated carbocycles. The van der Waals surface area contributed by atoms with Crippen LogP contribution in [-0.2, 0) is 9.59 Å². The van der Waals surface area contributed by atoms with Gasteiger partial charge < -0.3 is 16.0 Å². The number of carbonyl (C=O) groups excluding carboxylic acids is 3. The average molecular weight is 268 g/mol. The Bertz CT molecular complexity index is 398. The Hall–Kier alpha value is -1.63. The highest BCUT2D eigenvalue weighted by Crippen LogP contribution is 2.25. The van der Waals surface area contributed by atoms with E-state index in [0.29, 0.717) is 25.9 Å². The topological polar surface area (TPSA) is 105 Å². The van der Waals surface area contributed by atoms with Gasteiger partial charge >= 0.3 is 6.03 Å². The Morgan fingerprint density at radius 3 is 2.74 bits per heavy atom. The molecule has 2 heterocycles. The van der Waals surface area contributed by atoms with Gasteiger partial charge in [-0.15, -0.1) is 0 Å². The van der Waals surface area contributed by atoms with Crippen molar-refractivity contribution in [3.05, 3.63) is 0 Å². The molecule has 2 rings (SSSR count). The van der Waals surface area contributed by atoms with E-state index in [4.69, 9.17) is 5.73 Å². The number of rotatable bonds is 5. The molecule has 19 heavy (non-hydrogen) atoms. The predicted molar refractivity (Wildman–Crippen MR) is 68.1 cm³/mol. The normalized spacial score (nSPS) is 25.8. The highest BCUT2D eigenvalue weighted by atomic mass is 16.2. The van der Waals surface area contributed by atoms with Gasteiger partial charge in [0.05, 0.1) is 6.54 Å². The summed E-state index contributed by atoms with van der Waals surface area (Å²) in [6, 6.07) is -0.470. The Morgan fingerprint density at radius 1 is 1.32 bits per heavy atom. The standard InChI is InChI=1S/C12H20N4O3/c13-6-3-1-2-4-9(17)16-7-5-12(8-16)10(18)14-11(19)15-12/h1-8,13H2,(H2,14,15,18,19). The summed E-state index contributed by atoms with van der Waals surface area (Å²) in [6.07, 6.45) is 3.65. The van der Waals surface area contributed by atoms with Crippen LogP contribution in [-0.4, -0.2) is 47.9 Å². The number of amides is 4. The molecule has 7 nitrogen and oxygen atoms in total. The van der Waals surface area contributed by atoms with E-state index in [1.807, 2.05) is 0 Å². The molecule has 0 bridgehead atoms. The fourth-order valence-electron chi connectivity index (χ4n) is 2.59. The van der Waals surface area contributed by atoms with Crippen molar-refractivity contribution in [1.82, 2.24) is 15.5 Å². The van der Waals surface area contributed by atoms with Crippen molar-refractivity contribution in [2.24, 2.45) is 5.73 Å². The molecular weight excluding hydrogens is 248 g/mol. The molecule has 0 aliphatic carbocycles. The number of urea groups is 1. The summed E-state index contributed by atoms with van der Waals surface area (Å²) < 4.78 is 0. The van der Waals surface area contributed by atoms with Crippen LogP contribution in [0.3, 0.4) is 0 Å². The lowest BCUT2D eigenvalue weighted by atomic mass is 9.99. The van der Waals surface area contributed by atoms with Gasteiger partial charge in [0.2, 0.25) is 5.91 Å². The molecule has 2 fully saturated rings. The number of carbonyl (C=O) groups is 3. The number of nitrogens with one attached hydrogen (secondary N) is 2. The predicted octanol–water partition coefficient (Wildman–Crippen LogP) is -0.684. The van der Waals surface area contributed by atoms with E-state index in [1.165, 1.54) is 0 Å². The summed E-state index contributed by atoms with van der Waals surface area (Å²) in [5, 5.41) is 4.86. The minimum atomic E-state index is -0.899. The van der Waals surface area contributed by atoms with Gasteiger partial charge in [0.25, 0.3) is 5.91 Å². The summed E-state index contributed by atoms with van der Waals surface area (Å²) in [4.78, 5) is 36.6. The molecule has 0 aromatic rings. The van der Waals surface area contributed by atoms with Crippen molar-refractivity contribution < 1.29 is 14.4 Å². The van der Waals surface area contributed by atoms with Gasteiger partial charge in [-0.05, 0) is 25.8 Å². The molecule has 2 aliphatic rings. The van der Waals surface area contributed by atoms with Gasteiger partial charge in [0, 0.05) is 13.0 Å². The van der Waals surface area contributed by atoms with Gasteiger partial charge in [0.1, 0.15) is 5.54 Å². The number of hydrogen-bond acceptors (Lipinski definition) is 4. The van der Waals surface area contributed by atoms with Crippen LogP contribution < -0.4 is 16.4 Å². The van der Waals surface area contributed by atoms with E-state index in [1.54, 1.807) is 4.90 Å². The third-order valence-electron chi connectivity index (χ3n) is 3.73. The highest BCUT2D eigenvalue weighted by Gasteiger charge is 2.51.